The van der Waals surface area contributed by atoms with E-state index in [9.17, 15) is 4.79 Å². The Kier molecular flexibility index (Phi) is 3.99. The number of hydrogen-bond donors (Lipinski definition) is 0. The normalized spacial score (nSPS) is 25.3. The third-order valence-electron chi connectivity index (χ3n) is 4.58. The number of likely N-dealkylation sites (tertiary alicyclic amines) is 1. The van der Waals surface area contributed by atoms with Gasteiger partial charge in [0.1, 0.15) is 0 Å². The first-order chi connectivity index (χ1) is 10.4. The Balaban J connectivity index is 1.76. The molecule has 0 unspecified atom stereocenters. The highest BCUT2D eigenvalue weighted by atomic mass is 16.5. The van der Waals surface area contributed by atoms with Crippen molar-refractivity contribution in [3.05, 3.63) is 17.0 Å². The van der Waals surface area contributed by atoms with E-state index in [1.54, 1.807) is 0 Å². The number of hydrogen-bond acceptors (Lipinski definition) is 4. The number of aryl methyl sites for hydroxylation is 1. The van der Waals surface area contributed by atoms with Gasteiger partial charge in [0.15, 0.2) is 5.69 Å². The molecule has 0 N–H and O–H groups in total. The third kappa shape index (κ3) is 2.65. The maximum Gasteiger partial charge on any atom is 0.274 e. The molecular weight excluding hydrogens is 280 g/mol. The Morgan fingerprint density at radius 2 is 2.05 bits per heavy atom. The summed E-state index contributed by atoms with van der Waals surface area (Å²) in [6, 6.07) is 0. The first-order valence-corrected chi connectivity index (χ1v) is 8.02. The molecule has 122 valence electrons. The molecule has 6 heteroatoms. The fourth-order valence-electron chi connectivity index (χ4n) is 3.73. The lowest BCUT2D eigenvalue weighted by Gasteiger charge is -2.40. The molecule has 0 saturated carbocycles. The fraction of sp³-hybridized carbons (Fsp3) is 0.750. The van der Waals surface area contributed by atoms with Gasteiger partial charge in [0.2, 0.25) is 0 Å². The highest BCUT2D eigenvalue weighted by Gasteiger charge is 2.37. The number of rotatable bonds is 3. The standard InChI is InChI=1S/C16H26N4O2/c1-10-6-13-14(17-19(5)15(13)11(2)22-10)16(21)20-8-12(9-20)7-18(3)4/h10-12H,6-9H2,1-5H3/t10-,11+/m1/s1. The van der Waals surface area contributed by atoms with Crippen LogP contribution < -0.4 is 0 Å². The zero-order chi connectivity index (χ0) is 16.0. The van der Waals surface area contributed by atoms with Crippen molar-refractivity contribution >= 4 is 5.91 Å². The number of nitrogens with zero attached hydrogens (tertiary/aromatic N) is 4. The molecule has 1 amide bonds. The van der Waals surface area contributed by atoms with Gasteiger partial charge in [-0.05, 0) is 27.9 Å². The summed E-state index contributed by atoms with van der Waals surface area (Å²) in [6.07, 6.45) is 0.899. The van der Waals surface area contributed by atoms with E-state index >= 15 is 0 Å². The van der Waals surface area contributed by atoms with Crippen LogP contribution in [0.5, 0.6) is 0 Å². The highest BCUT2D eigenvalue weighted by molar-refractivity contribution is 5.94. The number of fused-ring (bicyclic) bond motifs is 1. The molecule has 1 aromatic heterocycles. The molecule has 0 bridgehead atoms. The molecule has 22 heavy (non-hydrogen) atoms. The van der Waals surface area contributed by atoms with E-state index in [-0.39, 0.29) is 18.1 Å². The van der Waals surface area contributed by atoms with E-state index in [0.29, 0.717) is 11.6 Å². The van der Waals surface area contributed by atoms with Crippen molar-refractivity contribution in [2.45, 2.75) is 32.5 Å². The molecule has 0 aromatic carbocycles. The molecule has 3 heterocycles. The van der Waals surface area contributed by atoms with Crippen LogP contribution in [0.25, 0.3) is 0 Å². The van der Waals surface area contributed by atoms with Crippen molar-refractivity contribution in [3.63, 3.8) is 0 Å². The van der Waals surface area contributed by atoms with Crippen LogP contribution in [-0.4, -0.2) is 65.3 Å². The zero-order valence-corrected chi connectivity index (χ0v) is 14.2. The lowest BCUT2D eigenvalue weighted by Crippen LogP contribution is -2.53. The minimum Gasteiger partial charge on any atom is -0.369 e. The number of carbonyl (C=O) groups excluding carboxylic acids is 1. The van der Waals surface area contributed by atoms with Crippen LogP contribution in [0.4, 0.5) is 0 Å². The molecule has 2 aliphatic rings. The number of aromatic nitrogens is 2. The van der Waals surface area contributed by atoms with Gasteiger partial charge in [-0.25, -0.2) is 0 Å². The maximum absolute atomic E-state index is 12.8. The van der Waals surface area contributed by atoms with Crippen LogP contribution in [0.2, 0.25) is 0 Å². The summed E-state index contributed by atoms with van der Waals surface area (Å²) in [5, 5.41) is 4.50. The Labute approximate surface area is 132 Å². The summed E-state index contributed by atoms with van der Waals surface area (Å²) in [5.74, 6) is 0.660. The summed E-state index contributed by atoms with van der Waals surface area (Å²) in [6.45, 7) is 6.79. The van der Waals surface area contributed by atoms with Crippen molar-refractivity contribution in [2.75, 3.05) is 33.7 Å². The second-order valence-corrected chi connectivity index (χ2v) is 6.97. The zero-order valence-electron chi connectivity index (χ0n) is 14.2. The average Bonchev–Trinajstić information content (AvgIpc) is 2.69. The minimum atomic E-state index is -0.00400. The first kappa shape index (κ1) is 15.5. The second-order valence-electron chi connectivity index (χ2n) is 6.97. The summed E-state index contributed by atoms with van der Waals surface area (Å²) < 4.78 is 7.67. The number of ether oxygens (including phenoxy) is 1. The van der Waals surface area contributed by atoms with E-state index < -0.39 is 0 Å². The monoisotopic (exact) mass is 306 g/mol. The quantitative estimate of drug-likeness (QED) is 0.838. The largest absolute Gasteiger partial charge is 0.369 e. The maximum atomic E-state index is 12.8. The average molecular weight is 306 g/mol. The Morgan fingerprint density at radius 3 is 2.68 bits per heavy atom. The van der Waals surface area contributed by atoms with E-state index in [2.05, 4.69) is 31.0 Å². The van der Waals surface area contributed by atoms with Gasteiger partial charge >= 0.3 is 0 Å². The van der Waals surface area contributed by atoms with Crippen molar-refractivity contribution < 1.29 is 9.53 Å². The highest BCUT2D eigenvalue weighted by Crippen LogP contribution is 2.32. The molecule has 1 aromatic rings. The molecule has 1 fully saturated rings. The Morgan fingerprint density at radius 1 is 1.36 bits per heavy atom. The van der Waals surface area contributed by atoms with E-state index in [4.69, 9.17) is 4.74 Å². The summed E-state index contributed by atoms with van der Waals surface area (Å²) >= 11 is 0. The molecule has 2 aliphatic heterocycles. The Hall–Kier alpha value is -1.40. The third-order valence-corrected chi connectivity index (χ3v) is 4.58. The van der Waals surface area contributed by atoms with Crippen LogP contribution in [0.3, 0.4) is 0 Å². The SMILES string of the molecule is C[C@@H]1Cc2c(C(=O)N3CC(CN(C)C)C3)nn(C)c2[C@H](C)O1. The summed E-state index contributed by atoms with van der Waals surface area (Å²) in [7, 11) is 6.04. The molecule has 2 atom stereocenters. The molecule has 6 nitrogen and oxygen atoms in total. The van der Waals surface area contributed by atoms with Gasteiger partial charge in [-0.2, -0.15) is 5.10 Å². The molecule has 0 aliphatic carbocycles. The van der Waals surface area contributed by atoms with Gasteiger partial charge < -0.3 is 14.5 Å². The van der Waals surface area contributed by atoms with E-state index in [0.717, 1.165) is 37.3 Å². The lowest BCUT2D eigenvalue weighted by molar-refractivity contribution is -0.00913. The topological polar surface area (TPSA) is 50.6 Å². The first-order valence-electron chi connectivity index (χ1n) is 8.02. The van der Waals surface area contributed by atoms with E-state index in [1.807, 2.05) is 23.6 Å². The van der Waals surface area contributed by atoms with Gasteiger partial charge in [0.25, 0.3) is 5.91 Å². The molecule has 1 saturated heterocycles. The smallest absolute Gasteiger partial charge is 0.274 e. The molecule has 0 spiro atoms. The van der Waals surface area contributed by atoms with Crippen molar-refractivity contribution in [1.29, 1.82) is 0 Å². The van der Waals surface area contributed by atoms with Crippen LogP contribution >= 0.6 is 0 Å². The van der Waals surface area contributed by atoms with Gasteiger partial charge in [-0.3, -0.25) is 9.48 Å². The predicted molar refractivity (Wildman–Crippen MR) is 83.8 cm³/mol. The van der Waals surface area contributed by atoms with Crippen molar-refractivity contribution in [2.24, 2.45) is 13.0 Å². The van der Waals surface area contributed by atoms with Crippen LogP contribution in [-0.2, 0) is 18.2 Å². The van der Waals surface area contributed by atoms with Gasteiger partial charge in [0, 0.05) is 44.6 Å². The van der Waals surface area contributed by atoms with Crippen LogP contribution in [0, 0.1) is 5.92 Å². The molecular formula is C16H26N4O2. The van der Waals surface area contributed by atoms with Gasteiger partial charge in [-0.1, -0.05) is 0 Å². The van der Waals surface area contributed by atoms with Gasteiger partial charge in [-0.15, -0.1) is 0 Å². The van der Waals surface area contributed by atoms with E-state index in [1.165, 1.54) is 0 Å². The van der Waals surface area contributed by atoms with Crippen LogP contribution in [0.1, 0.15) is 41.7 Å². The molecule has 3 rings (SSSR count). The second kappa shape index (κ2) is 5.66. The van der Waals surface area contributed by atoms with Crippen molar-refractivity contribution in [1.82, 2.24) is 19.6 Å². The minimum absolute atomic E-state index is 0.00400. The summed E-state index contributed by atoms with van der Waals surface area (Å²) in [5.41, 5.74) is 2.75. The predicted octanol–water partition coefficient (Wildman–Crippen LogP) is 1.08. The Bertz CT molecular complexity index is 575. The van der Waals surface area contributed by atoms with Crippen molar-refractivity contribution in [3.8, 4) is 0 Å². The summed E-state index contributed by atoms with van der Waals surface area (Å²) in [4.78, 5) is 16.8. The van der Waals surface area contributed by atoms with Gasteiger partial charge in [0.05, 0.1) is 17.9 Å². The lowest BCUT2D eigenvalue weighted by atomic mass is 9.96. The number of carbonyl (C=O) groups is 1. The van der Waals surface area contributed by atoms with Crippen LogP contribution in [0.15, 0.2) is 0 Å². The molecule has 0 radical (unpaired) electrons. The number of amides is 1. The fourth-order valence-corrected chi connectivity index (χ4v) is 3.73.